The number of nitrogens with one attached hydrogen (secondary N) is 1. The molecule has 2 rings (SSSR count). The minimum Gasteiger partial charge on any atom is -0.496 e. The van der Waals surface area contributed by atoms with Crippen LogP contribution in [0.25, 0.3) is 0 Å². The van der Waals surface area contributed by atoms with Crippen LogP contribution in [0.1, 0.15) is 18.9 Å². The second-order valence-electron chi connectivity index (χ2n) is 4.66. The zero-order chi connectivity index (χ0) is 14.0. The number of amides is 1. The van der Waals surface area contributed by atoms with Crippen molar-refractivity contribution >= 4 is 17.6 Å². The number of hydrogen-bond acceptors (Lipinski definition) is 3. The summed E-state index contributed by atoms with van der Waals surface area (Å²) < 4.78 is 5.21. The van der Waals surface area contributed by atoms with Crippen LogP contribution in [0.2, 0.25) is 0 Å². The monoisotopic (exact) mass is 263 g/mol. The number of carbonyl (C=O) groups is 2. The van der Waals surface area contributed by atoms with E-state index in [4.69, 9.17) is 9.84 Å². The lowest BCUT2D eigenvalue weighted by atomic mass is 10.1. The highest BCUT2D eigenvalue weighted by atomic mass is 16.5. The minimum absolute atomic E-state index is 0.223. The van der Waals surface area contributed by atoms with E-state index in [0.29, 0.717) is 12.1 Å². The molecular weight excluding hydrogens is 246 g/mol. The molecule has 102 valence electrons. The summed E-state index contributed by atoms with van der Waals surface area (Å²) in [5.74, 6) is -1.26. The van der Waals surface area contributed by atoms with Crippen LogP contribution in [0.4, 0.5) is 5.69 Å². The number of carboxylic acid groups (broad SMARTS) is 1. The summed E-state index contributed by atoms with van der Waals surface area (Å²) >= 11 is 0. The van der Waals surface area contributed by atoms with Gasteiger partial charge >= 0.3 is 5.97 Å². The molecule has 1 saturated carbocycles. The standard InChI is InChI=1S/C14H17NO4/c1-3-8-6-9(4-5-12(8)19-2)15-13(16)10-7-11(10)14(17)18/h4-6,10-11H,3,7H2,1-2H3,(H,15,16)(H,17,18). The number of ether oxygens (including phenoxy) is 1. The third kappa shape index (κ3) is 2.86. The molecule has 2 N–H and O–H groups in total. The first kappa shape index (κ1) is 13.4. The van der Waals surface area contributed by atoms with Crippen LogP contribution < -0.4 is 10.1 Å². The van der Waals surface area contributed by atoms with Gasteiger partial charge in [0.25, 0.3) is 0 Å². The quantitative estimate of drug-likeness (QED) is 0.851. The molecule has 5 heteroatoms. The maximum atomic E-state index is 11.8. The van der Waals surface area contributed by atoms with Gasteiger partial charge in [-0.3, -0.25) is 9.59 Å². The predicted molar refractivity (Wildman–Crippen MR) is 70.2 cm³/mol. The number of methoxy groups -OCH3 is 1. The van der Waals surface area contributed by atoms with Gasteiger partial charge in [0.15, 0.2) is 0 Å². The van der Waals surface area contributed by atoms with E-state index < -0.39 is 17.8 Å². The number of aryl methyl sites for hydroxylation is 1. The molecule has 5 nitrogen and oxygen atoms in total. The summed E-state index contributed by atoms with van der Waals surface area (Å²) in [4.78, 5) is 22.6. The number of aliphatic carboxylic acids is 1. The lowest BCUT2D eigenvalue weighted by Gasteiger charge is -2.10. The molecule has 19 heavy (non-hydrogen) atoms. The third-order valence-corrected chi connectivity index (χ3v) is 3.37. The number of carboxylic acids is 1. The Labute approximate surface area is 111 Å². The Kier molecular flexibility index (Phi) is 3.74. The van der Waals surface area contributed by atoms with Gasteiger partial charge in [-0.25, -0.2) is 0 Å². The first-order valence-corrected chi connectivity index (χ1v) is 6.27. The average molecular weight is 263 g/mol. The highest BCUT2D eigenvalue weighted by Crippen LogP contribution is 2.39. The van der Waals surface area contributed by atoms with Crippen LogP contribution in [-0.4, -0.2) is 24.1 Å². The predicted octanol–water partition coefficient (Wildman–Crippen LogP) is 1.92. The highest BCUT2D eigenvalue weighted by molar-refractivity contribution is 5.98. The molecule has 0 bridgehead atoms. The fourth-order valence-corrected chi connectivity index (χ4v) is 2.13. The molecule has 1 fully saturated rings. The van der Waals surface area contributed by atoms with Gasteiger partial charge in [-0.1, -0.05) is 6.92 Å². The summed E-state index contributed by atoms with van der Waals surface area (Å²) in [6, 6.07) is 5.42. The first-order chi connectivity index (χ1) is 9.06. The normalized spacial score (nSPS) is 20.7. The molecule has 0 saturated heterocycles. The van der Waals surface area contributed by atoms with E-state index in [1.54, 1.807) is 19.2 Å². The molecule has 2 atom stereocenters. The number of anilines is 1. The Morgan fingerprint density at radius 2 is 2.16 bits per heavy atom. The molecule has 0 heterocycles. The number of benzene rings is 1. The largest absolute Gasteiger partial charge is 0.496 e. The van der Waals surface area contributed by atoms with Gasteiger partial charge in [-0.2, -0.15) is 0 Å². The van der Waals surface area contributed by atoms with Gasteiger partial charge in [0, 0.05) is 5.69 Å². The van der Waals surface area contributed by atoms with Gasteiger partial charge < -0.3 is 15.2 Å². The van der Waals surface area contributed by atoms with Crippen LogP contribution in [-0.2, 0) is 16.0 Å². The van der Waals surface area contributed by atoms with Crippen molar-refractivity contribution in [3.8, 4) is 5.75 Å². The summed E-state index contributed by atoms with van der Waals surface area (Å²) in [5, 5.41) is 11.5. The Bertz CT molecular complexity index is 512. The van der Waals surface area contributed by atoms with Crippen molar-refractivity contribution in [3.05, 3.63) is 23.8 Å². The maximum Gasteiger partial charge on any atom is 0.307 e. The van der Waals surface area contributed by atoms with E-state index in [-0.39, 0.29) is 5.91 Å². The Balaban J connectivity index is 2.04. The van der Waals surface area contributed by atoms with Crippen LogP contribution in [0, 0.1) is 11.8 Å². The second-order valence-corrected chi connectivity index (χ2v) is 4.66. The molecule has 2 unspecified atom stereocenters. The molecule has 0 spiro atoms. The Morgan fingerprint density at radius 1 is 1.42 bits per heavy atom. The van der Waals surface area contributed by atoms with Crippen molar-refractivity contribution in [3.63, 3.8) is 0 Å². The zero-order valence-corrected chi connectivity index (χ0v) is 11.0. The maximum absolute atomic E-state index is 11.8. The number of hydrogen-bond donors (Lipinski definition) is 2. The van der Waals surface area contributed by atoms with Crippen LogP contribution >= 0.6 is 0 Å². The molecule has 1 aliphatic carbocycles. The van der Waals surface area contributed by atoms with Crippen LogP contribution in [0.5, 0.6) is 5.75 Å². The zero-order valence-electron chi connectivity index (χ0n) is 11.0. The smallest absolute Gasteiger partial charge is 0.307 e. The number of rotatable bonds is 5. The van der Waals surface area contributed by atoms with E-state index in [0.717, 1.165) is 17.7 Å². The van der Waals surface area contributed by atoms with Crippen molar-refractivity contribution in [1.82, 2.24) is 0 Å². The van der Waals surface area contributed by atoms with Crippen molar-refractivity contribution in [2.24, 2.45) is 11.8 Å². The van der Waals surface area contributed by atoms with E-state index in [1.807, 2.05) is 13.0 Å². The molecule has 0 radical (unpaired) electrons. The highest BCUT2D eigenvalue weighted by Gasteiger charge is 2.48. The van der Waals surface area contributed by atoms with Crippen molar-refractivity contribution in [1.29, 1.82) is 0 Å². The van der Waals surface area contributed by atoms with Crippen molar-refractivity contribution < 1.29 is 19.4 Å². The fraction of sp³-hybridized carbons (Fsp3) is 0.429. The lowest BCUT2D eigenvalue weighted by Crippen LogP contribution is -2.16. The molecular formula is C14H17NO4. The van der Waals surface area contributed by atoms with Gasteiger partial charge in [0.2, 0.25) is 5.91 Å². The molecule has 1 aliphatic rings. The van der Waals surface area contributed by atoms with Crippen molar-refractivity contribution in [2.75, 3.05) is 12.4 Å². The van der Waals surface area contributed by atoms with Gasteiger partial charge in [0.05, 0.1) is 18.9 Å². The van der Waals surface area contributed by atoms with Gasteiger partial charge in [0.1, 0.15) is 5.75 Å². The van der Waals surface area contributed by atoms with Crippen LogP contribution in [0.3, 0.4) is 0 Å². The van der Waals surface area contributed by atoms with E-state index >= 15 is 0 Å². The lowest BCUT2D eigenvalue weighted by molar-refractivity contribution is -0.139. The fourth-order valence-electron chi connectivity index (χ4n) is 2.13. The molecule has 0 aliphatic heterocycles. The second kappa shape index (κ2) is 5.30. The summed E-state index contributed by atoms with van der Waals surface area (Å²) in [6.45, 7) is 2.00. The Morgan fingerprint density at radius 3 is 2.68 bits per heavy atom. The average Bonchev–Trinajstić information content (AvgIpc) is 3.19. The topological polar surface area (TPSA) is 75.6 Å². The third-order valence-electron chi connectivity index (χ3n) is 3.37. The summed E-state index contributed by atoms with van der Waals surface area (Å²) in [7, 11) is 1.61. The van der Waals surface area contributed by atoms with Crippen LogP contribution in [0.15, 0.2) is 18.2 Å². The molecule has 1 aromatic rings. The molecule has 1 aromatic carbocycles. The van der Waals surface area contributed by atoms with Gasteiger partial charge in [-0.15, -0.1) is 0 Å². The van der Waals surface area contributed by atoms with E-state index in [2.05, 4.69) is 5.32 Å². The van der Waals surface area contributed by atoms with Crippen molar-refractivity contribution in [2.45, 2.75) is 19.8 Å². The number of carbonyl (C=O) groups excluding carboxylic acids is 1. The summed E-state index contributed by atoms with van der Waals surface area (Å²) in [5.41, 5.74) is 1.68. The SMILES string of the molecule is CCc1cc(NC(=O)C2CC2C(=O)O)ccc1OC. The minimum atomic E-state index is -0.899. The first-order valence-electron chi connectivity index (χ1n) is 6.27. The molecule has 0 aromatic heterocycles. The summed E-state index contributed by atoms with van der Waals surface area (Å²) in [6.07, 6.45) is 1.23. The Hall–Kier alpha value is -2.04. The molecule has 1 amide bonds. The van der Waals surface area contributed by atoms with Gasteiger partial charge in [-0.05, 0) is 36.6 Å². The van der Waals surface area contributed by atoms with E-state index in [9.17, 15) is 9.59 Å². The van der Waals surface area contributed by atoms with E-state index in [1.165, 1.54) is 0 Å².